The number of benzene rings is 2. The summed E-state index contributed by atoms with van der Waals surface area (Å²) in [5.41, 5.74) is 7.84. The molecule has 6 rings (SSSR count). The van der Waals surface area contributed by atoms with Crippen molar-refractivity contribution in [3.63, 3.8) is 0 Å². The Morgan fingerprint density at radius 2 is 1.93 bits per heavy atom. The Bertz CT molecular complexity index is 1800. The van der Waals surface area contributed by atoms with Crippen LogP contribution in [0.5, 0.6) is 5.75 Å². The number of ether oxygens (including phenoxy) is 1. The molecular formula is C31H36IN9OS2. The smallest absolute Gasteiger partial charge is 0.229 e. The molecule has 0 aliphatic carbocycles. The number of hydrogen-bond acceptors (Lipinski definition) is 12. The van der Waals surface area contributed by atoms with Crippen molar-refractivity contribution < 1.29 is 4.74 Å². The predicted octanol–water partition coefficient (Wildman–Crippen LogP) is 7.29. The second-order valence-electron chi connectivity index (χ2n) is 10.8. The van der Waals surface area contributed by atoms with Crippen LogP contribution in [0.25, 0.3) is 21.3 Å². The van der Waals surface area contributed by atoms with E-state index in [4.69, 9.17) is 14.7 Å². The van der Waals surface area contributed by atoms with Gasteiger partial charge in [0.1, 0.15) is 11.3 Å². The topological polar surface area (TPSA) is 85.8 Å². The Kier molecular flexibility index (Phi) is 9.17. The summed E-state index contributed by atoms with van der Waals surface area (Å²) in [5, 5.41) is 5.57. The number of methoxy groups -OCH3 is 1. The molecule has 0 amide bonds. The zero-order chi connectivity index (χ0) is 31.0. The lowest BCUT2D eigenvalue weighted by Crippen LogP contribution is -2.31. The van der Waals surface area contributed by atoms with Crippen LogP contribution in [-0.2, 0) is 6.42 Å². The monoisotopic (exact) mass is 741 g/mol. The second kappa shape index (κ2) is 13.1. The summed E-state index contributed by atoms with van der Waals surface area (Å²) < 4.78 is 11.1. The number of nitrogens with one attached hydrogen (secondary N) is 1. The van der Waals surface area contributed by atoms with Gasteiger partial charge in [-0.05, 0) is 62.1 Å². The fraction of sp³-hybridized carbons (Fsp3) is 0.355. The van der Waals surface area contributed by atoms with Gasteiger partial charge in [0.2, 0.25) is 5.95 Å². The highest BCUT2D eigenvalue weighted by atomic mass is 127. The first-order valence-electron chi connectivity index (χ1n) is 14.4. The fourth-order valence-electron chi connectivity index (χ4n) is 5.68. The van der Waals surface area contributed by atoms with Crippen molar-refractivity contribution in [1.29, 1.82) is 0 Å². The minimum absolute atomic E-state index is 0.509. The third-order valence-electron chi connectivity index (χ3n) is 8.13. The highest BCUT2D eigenvalue weighted by molar-refractivity contribution is 14.1. The third-order valence-corrected chi connectivity index (χ3v) is 10.7. The largest absolute Gasteiger partial charge is 0.494 e. The third kappa shape index (κ3) is 5.82. The normalized spacial score (nSPS) is 15.0. The van der Waals surface area contributed by atoms with Gasteiger partial charge in [0, 0.05) is 56.6 Å². The molecular weight excluding hydrogens is 705 g/mol. The van der Waals surface area contributed by atoms with Crippen LogP contribution in [0.4, 0.5) is 34.5 Å². The first-order chi connectivity index (χ1) is 21.3. The molecule has 0 bridgehead atoms. The van der Waals surface area contributed by atoms with Crippen LogP contribution in [0.3, 0.4) is 0 Å². The Morgan fingerprint density at radius 1 is 1.11 bits per heavy atom. The maximum absolute atomic E-state index is 5.92. The average molecular weight is 742 g/mol. The van der Waals surface area contributed by atoms with E-state index in [1.807, 2.05) is 25.4 Å². The highest BCUT2D eigenvalue weighted by Crippen LogP contribution is 2.45. The van der Waals surface area contributed by atoms with Gasteiger partial charge in [-0.15, -0.1) is 11.3 Å². The molecule has 0 saturated carbocycles. The van der Waals surface area contributed by atoms with E-state index in [0.717, 1.165) is 75.8 Å². The van der Waals surface area contributed by atoms with Gasteiger partial charge in [-0.3, -0.25) is 13.1 Å². The summed E-state index contributed by atoms with van der Waals surface area (Å²) in [7, 11) is 8.08. The molecule has 1 N–H and O–H groups in total. The summed E-state index contributed by atoms with van der Waals surface area (Å²) in [6, 6.07) is 11.0. The number of anilines is 6. The zero-order valence-corrected chi connectivity index (χ0v) is 29.5. The first-order valence-corrected chi connectivity index (χ1v) is 17.5. The van der Waals surface area contributed by atoms with Gasteiger partial charge in [-0.25, -0.2) is 4.98 Å². The van der Waals surface area contributed by atoms with Crippen molar-refractivity contribution in [1.82, 2.24) is 24.8 Å². The maximum Gasteiger partial charge on any atom is 0.229 e. The van der Waals surface area contributed by atoms with E-state index in [1.165, 1.54) is 11.3 Å². The molecule has 1 fully saturated rings. The van der Waals surface area contributed by atoms with Crippen LogP contribution in [0.15, 0.2) is 48.1 Å². The van der Waals surface area contributed by atoms with Crippen LogP contribution in [0.1, 0.15) is 18.9 Å². The highest BCUT2D eigenvalue weighted by Gasteiger charge is 2.27. The second-order valence-corrected chi connectivity index (χ2v) is 13.6. The van der Waals surface area contributed by atoms with Crippen LogP contribution >= 0.6 is 46.1 Å². The zero-order valence-electron chi connectivity index (χ0n) is 25.7. The van der Waals surface area contributed by atoms with E-state index in [1.54, 1.807) is 42.8 Å². The maximum atomic E-state index is 5.92. The van der Waals surface area contributed by atoms with E-state index in [-0.39, 0.29) is 0 Å². The Morgan fingerprint density at radius 3 is 2.66 bits per heavy atom. The number of thiophene rings is 1. The molecule has 5 aromatic rings. The summed E-state index contributed by atoms with van der Waals surface area (Å²) in [6.45, 7) is 4.25. The number of aryl methyl sites for hydroxylation is 1. The fourth-order valence-corrected chi connectivity index (χ4v) is 7.76. The van der Waals surface area contributed by atoms with Crippen LogP contribution in [0, 0.1) is 0 Å². The van der Waals surface area contributed by atoms with Crippen molar-refractivity contribution in [2.45, 2.75) is 25.8 Å². The Balaban J connectivity index is 1.40. The standard InChI is InChI=1S/C31H36IN9OS2/c1-7-19-16-23(26(42-5)17-25(19)40-14-10-20(18-40)38(2)3)36-31-35-22-11-15-44-29(22)30(37-31)41(32)24-9-8-21-27(34-13-12-33-21)28(24)39(4)43-6/h8-9,11-13,15-17,20H,7,10,14,18H2,1-6H3,(H,35,36,37). The number of likely N-dealkylation sites (N-methyl/N-ethyl adjacent to an activating group) is 1. The molecule has 13 heteroatoms. The molecule has 2 aromatic carbocycles. The summed E-state index contributed by atoms with van der Waals surface area (Å²) >= 11 is 5.59. The van der Waals surface area contributed by atoms with E-state index >= 15 is 0 Å². The van der Waals surface area contributed by atoms with E-state index in [2.05, 4.69) is 100.0 Å². The summed E-state index contributed by atoms with van der Waals surface area (Å²) in [4.78, 5) is 24.0. The molecule has 0 spiro atoms. The Labute approximate surface area is 280 Å². The van der Waals surface area contributed by atoms with Crippen molar-refractivity contribution in [3.05, 3.63) is 53.7 Å². The molecule has 1 atom stereocenters. The van der Waals surface area contributed by atoms with Crippen molar-refractivity contribution in [2.75, 3.05) is 65.2 Å². The van der Waals surface area contributed by atoms with E-state index in [9.17, 15) is 0 Å². The van der Waals surface area contributed by atoms with Gasteiger partial charge < -0.3 is 24.2 Å². The van der Waals surface area contributed by atoms with Crippen molar-refractivity contribution in [3.8, 4) is 5.75 Å². The molecule has 3 aromatic heterocycles. The molecule has 1 aliphatic rings. The van der Waals surface area contributed by atoms with Crippen LogP contribution in [0.2, 0.25) is 0 Å². The molecule has 0 radical (unpaired) electrons. The average Bonchev–Trinajstić information content (AvgIpc) is 3.73. The number of hydrogen-bond donors (Lipinski definition) is 1. The molecule has 4 heterocycles. The molecule has 230 valence electrons. The van der Waals surface area contributed by atoms with Gasteiger partial charge in [-0.1, -0.05) is 18.9 Å². The summed E-state index contributed by atoms with van der Waals surface area (Å²) in [5.74, 6) is 2.07. The number of nitrogens with zero attached hydrogens (tertiary/aromatic N) is 8. The van der Waals surface area contributed by atoms with Gasteiger partial charge in [0.15, 0.2) is 5.82 Å². The van der Waals surface area contributed by atoms with Gasteiger partial charge in [0.25, 0.3) is 0 Å². The summed E-state index contributed by atoms with van der Waals surface area (Å²) in [6.07, 6.45) is 7.57. The van der Waals surface area contributed by atoms with Crippen LogP contribution < -0.4 is 22.4 Å². The van der Waals surface area contributed by atoms with Crippen molar-refractivity contribution >= 4 is 102 Å². The SMILES string of the molecule is CCc1cc(Nc2nc(N(I)c3ccc4nccnc4c3N(C)SC)c3sccc3n2)c(OC)cc1N1CCC(N(C)C)C1. The molecule has 44 heavy (non-hydrogen) atoms. The van der Waals surface area contributed by atoms with Crippen molar-refractivity contribution in [2.24, 2.45) is 0 Å². The minimum atomic E-state index is 0.509. The lowest BCUT2D eigenvalue weighted by Gasteiger charge is -2.26. The lowest BCUT2D eigenvalue weighted by atomic mass is 10.1. The predicted molar refractivity (Wildman–Crippen MR) is 195 cm³/mol. The van der Waals surface area contributed by atoms with E-state index < -0.39 is 0 Å². The van der Waals surface area contributed by atoms with Gasteiger partial charge in [-0.2, -0.15) is 4.98 Å². The molecule has 1 saturated heterocycles. The van der Waals surface area contributed by atoms with E-state index in [0.29, 0.717) is 12.0 Å². The van der Waals surface area contributed by atoms with Gasteiger partial charge in [0.05, 0.1) is 62.8 Å². The molecule has 1 aliphatic heterocycles. The number of rotatable bonds is 10. The quantitative estimate of drug-likeness (QED) is 0.0890. The molecule has 10 nitrogen and oxygen atoms in total. The lowest BCUT2D eigenvalue weighted by molar-refractivity contribution is 0.315. The van der Waals surface area contributed by atoms with Crippen LogP contribution in [-0.4, -0.2) is 78.5 Å². The number of halogens is 1. The number of aromatic nitrogens is 4. The first kappa shape index (κ1) is 30.9. The van der Waals surface area contributed by atoms with Gasteiger partial charge >= 0.3 is 0 Å². The Hall–Kier alpha value is -3.14. The minimum Gasteiger partial charge on any atom is -0.494 e. The number of fused-ring (bicyclic) bond motifs is 2. The molecule has 1 unspecified atom stereocenters.